The number of carbonyl (C=O) groups is 1. The van der Waals surface area contributed by atoms with E-state index >= 15 is 0 Å². The lowest BCUT2D eigenvalue weighted by molar-refractivity contribution is -0.160. The van der Waals surface area contributed by atoms with Crippen LogP contribution in [0.1, 0.15) is 30.3 Å². The molecule has 0 bridgehead atoms. The van der Waals surface area contributed by atoms with Crippen LogP contribution < -0.4 is 0 Å². The topological polar surface area (TPSA) is 70.4 Å². The maximum atomic E-state index is 11.0. The Labute approximate surface area is 88.6 Å². The first-order chi connectivity index (χ1) is 6.91. The van der Waals surface area contributed by atoms with Crippen LogP contribution >= 0.6 is 0 Å². The van der Waals surface area contributed by atoms with E-state index in [1.807, 2.05) is 6.92 Å². The van der Waals surface area contributed by atoms with Crippen LogP contribution in [0, 0.1) is 13.8 Å². The van der Waals surface area contributed by atoms with Crippen molar-refractivity contribution in [2.24, 2.45) is 0 Å². The number of aromatic nitrogens is 1. The molecule has 1 unspecified atom stereocenters. The largest absolute Gasteiger partial charge is 0.479 e. The minimum Gasteiger partial charge on any atom is -0.479 e. The van der Waals surface area contributed by atoms with E-state index in [-0.39, 0.29) is 6.42 Å². The summed E-state index contributed by atoms with van der Waals surface area (Å²) < 4.78 is 0. The average molecular weight is 209 g/mol. The Morgan fingerprint density at radius 1 is 1.47 bits per heavy atom. The number of pyridine rings is 1. The SMILES string of the molecule is CCC(O)(C(=O)O)c1ccc(C)nc1C. The summed E-state index contributed by atoms with van der Waals surface area (Å²) in [6.45, 7) is 5.15. The molecule has 0 fully saturated rings. The van der Waals surface area contributed by atoms with Gasteiger partial charge in [0.15, 0.2) is 5.60 Å². The van der Waals surface area contributed by atoms with Gasteiger partial charge in [-0.2, -0.15) is 0 Å². The van der Waals surface area contributed by atoms with E-state index in [0.29, 0.717) is 11.3 Å². The normalized spacial score (nSPS) is 14.7. The molecule has 1 rings (SSSR count). The lowest BCUT2D eigenvalue weighted by Crippen LogP contribution is -2.35. The van der Waals surface area contributed by atoms with Gasteiger partial charge in [-0.25, -0.2) is 4.79 Å². The number of rotatable bonds is 3. The third-order valence-corrected chi connectivity index (χ3v) is 2.54. The first-order valence-electron chi connectivity index (χ1n) is 4.82. The van der Waals surface area contributed by atoms with Gasteiger partial charge >= 0.3 is 5.97 Å². The zero-order valence-electron chi connectivity index (χ0n) is 9.11. The molecule has 82 valence electrons. The number of hydrogen-bond donors (Lipinski definition) is 2. The van der Waals surface area contributed by atoms with Crippen molar-refractivity contribution in [3.63, 3.8) is 0 Å². The van der Waals surface area contributed by atoms with Gasteiger partial charge in [-0.05, 0) is 26.3 Å². The average Bonchev–Trinajstić information content (AvgIpc) is 2.16. The van der Waals surface area contributed by atoms with Crippen LogP contribution in [0.15, 0.2) is 12.1 Å². The van der Waals surface area contributed by atoms with Gasteiger partial charge in [-0.15, -0.1) is 0 Å². The van der Waals surface area contributed by atoms with Crippen molar-refractivity contribution < 1.29 is 15.0 Å². The van der Waals surface area contributed by atoms with Gasteiger partial charge < -0.3 is 10.2 Å². The molecule has 1 aromatic heterocycles. The number of hydrogen-bond acceptors (Lipinski definition) is 3. The molecular weight excluding hydrogens is 194 g/mol. The van der Waals surface area contributed by atoms with Crippen molar-refractivity contribution in [3.8, 4) is 0 Å². The molecule has 0 saturated carbocycles. The summed E-state index contributed by atoms with van der Waals surface area (Å²) in [5.74, 6) is -1.24. The number of carboxylic acids is 1. The molecule has 0 aliphatic rings. The van der Waals surface area contributed by atoms with E-state index in [0.717, 1.165) is 5.69 Å². The van der Waals surface area contributed by atoms with Gasteiger partial charge in [0, 0.05) is 17.0 Å². The molecule has 0 aromatic carbocycles. The quantitative estimate of drug-likeness (QED) is 0.789. The molecular formula is C11H15NO3. The Balaban J connectivity index is 3.30. The number of aryl methyl sites for hydroxylation is 2. The predicted molar refractivity (Wildman–Crippen MR) is 55.5 cm³/mol. The summed E-state index contributed by atoms with van der Waals surface area (Å²) in [6, 6.07) is 3.32. The van der Waals surface area contributed by atoms with Gasteiger partial charge in [0.25, 0.3) is 0 Å². The molecule has 2 N–H and O–H groups in total. The lowest BCUT2D eigenvalue weighted by Gasteiger charge is -2.23. The molecule has 4 nitrogen and oxygen atoms in total. The molecule has 0 aliphatic carbocycles. The third-order valence-electron chi connectivity index (χ3n) is 2.54. The highest BCUT2D eigenvalue weighted by molar-refractivity contribution is 5.79. The maximum Gasteiger partial charge on any atom is 0.340 e. The number of nitrogens with zero attached hydrogens (tertiary/aromatic N) is 1. The van der Waals surface area contributed by atoms with Crippen molar-refractivity contribution in [2.45, 2.75) is 32.8 Å². The first kappa shape index (κ1) is 11.7. The van der Waals surface area contributed by atoms with Crippen LogP contribution in [0.2, 0.25) is 0 Å². The van der Waals surface area contributed by atoms with Gasteiger partial charge in [-0.1, -0.05) is 13.0 Å². The Morgan fingerprint density at radius 2 is 2.07 bits per heavy atom. The third kappa shape index (κ3) is 1.99. The summed E-state index contributed by atoms with van der Waals surface area (Å²) in [7, 11) is 0. The molecule has 0 aliphatic heterocycles. The molecule has 1 heterocycles. The maximum absolute atomic E-state index is 11.0. The Kier molecular flexibility index (Phi) is 3.09. The second-order valence-electron chi connectivity index (χ2n) is 3.60. The van der Waals surface area contributed by atoms with Gasteiger partial charge in [-0.3, -0.25) is 4.98 Å². The van der Waals surface area contributed by atoms with Crippen molar-refractivity contribution >= 4 is 5.97 Å². The fourth-order valence-corrected chi connectivity index (χ4v) is 1.58. The van der Waals surface area contributed by atoms with E-state index in [1.165, 1.54) is 0 Å². The van der Waals surface area contributed by atoms with E-state index < -0.39 is 11.6 Å². The fourth-order valence-electron chi connectivity index (χ4n) is 1.58. The Morgan fingerprint density at radius 3 is 2.47 bits per heavy atom. The molecule has 1 aromatic rings. The highest BCUT2D eigenvalue weighted by Crippen LogP contribution is 2.27. The van der Waals surface area contributed by atoms with Crippen LogP contribution in [0.5, 0.6) is 0 Å². The smallest absolute Gasteiger partial charge is 0.340 e. The highest BCUT2D eigenvalue weighted by atomic mass is 16.4. The fraction of sp³-hybridized carbons (Fsp3) is 0.455. The summed E-state index contributed by atoms with van der Waals surface area (Å²) in [6.07, 6.45) is 0.119. The minimum atomic E-state index is -1.83. The summed E-state index contributed by atoms with van der Waals surface area (Å²) in [4.78, 5) is 15.2. The van der Waals surface area contributed by atoms with E-state index in [9.17, 15) is 9.90 Å². The minimum absolute atomic E-state index is 0.119. The molecule has 15 heavy (non-hydrogen) atoms. The van der Waals surface area contributed by atoms with Crippen LogP contribution in [0.4, 0.5) is 0 Å². The lowest BCUT2D eigenvalue weighted by atomic mass is 9.90. The van der Waals surface area contributed by atoms with Crippen molar-refractivity contribution in [2.75, 3.05) is 0 Å². The van der Waals surface area contributed by atoms with Crippen LogP contribution in [-0.2, 0) is 10.4 Å². The highest BCUT2D eigenvalue weighted by Gasteiger charge is 2.37. The molecule has 1 atom stereocenters. The summed E-state index contributed by atoms with van der Waals surface area (Å²) in [5.41, 5.74) is -0.102. The van der Waals surface area contributed by atoms with E-state index in [2.05, 4.69) is 4.98 Å². The first-order valence-corrected chi connectivity index (χ1v) is 4.82. The van der Waals surface area contributed by atoms with Crippen LogP contribution in [0.25, 0.3) is 0 Å². The monoisotopic (exact) mass is 209 g/mol. The number of aliphatic carboxylic acids is 1. The summed E-state index contributed by atoms with van der Waals surface area (Å²) >= 11 is 0. The second-order valence-corrected chi connectivity index (χ2v) is 3.60. The number of carboxylic acid groups (broad SMARTS) is 1. The van der Waals surface area contributed by atoms with E-state index in [4.69, 9.17) is 5.11 Å². The van der Waals surface area contributed by atoms with Crippen LogP contribution in [-0.4, -0.2) is 21.2 Å². The predicted octanol–water partition coefficient (Wildman–Crippen LogP) is 1.38. The van der Waals surface area contributed by atoms with Crippen LogP contribution in [0.3, 0.4) is 0 Å². The molecule has 0 spiro atoms. The Bertz CT molecular complexity index is 389. The van der Waals surface area contributed by atoms with E-state index in [1.54, 1.807) is 26.0 Å². The van der Waals surface area contributed by atoms with Gasteiger partial charge in [0.05, 0.1) is 0 Å². The standard InChI is InChI=1S/C11H15NO3/c1-4-11(15,10(13)14)9-6-5-7(2)12-8(9)3/h5-6,15H,4H2,1-3H3,(H,13,14). The zero-order chi connectivity index (χ0) is 11.6. The summed E-state index contributed by atoms with van der Waals surface area (Å²) in [5, 5.41) is 19.0. The second kappa shape index (κ2) is 3.98. The molecule has 0 saturated heterocycles. The molecule has 0 radical (unpaired) electrons. The van der Waals surface area contributed by atoms with Gasteiger partial charge in [0.1, 0.15) is 0 Å². The molecule has 4 heteroatoms. The Hall–Kier alpha value is -1.42. The van der Waals surface area contributed by atoms with Crippen molar-refractivity contribution in [1.29, 1.82) is 0 Å². The molecule has 0 amide bonds. The van der Waals surface area contributed by atoms with Crippen molar-refractivity contribution in [3.05, 3.63) is 29.1 Å². The van der Waals surface area contributed by atoms with Gasteiger partial charge in [0.2, 0.25) is 0 Å². The van der Waals surface area contributed by atoms with Crippen molar-refractivity contribution in [1.82, 2.24) is 4.98 Å². The number of aliphatic hydroxyl groups is 1. The zero-order valence-corrected chi connectivity index (χ0v) is 9.11.